The molecule has 1 aromatic heterocycles. The highest BCUT2D eigenvalue weighted by Gasteiger charge is 2.33. The fraction of sp³-hybridized carbons (Fsp3) is 0.176. The zero-order chi connectivity index (χ0) is 17.3. The summed E-state index contributed by atoms with van der Waals surface area (Å²) in [5.41, 5.74) is 0.381. The largest absolute Gasteiger partial charge is 0.418 e. The molecule has 0 fully saturated rings. The van der Waals surface area contributed by atoms with Gasteiger partial charge in [0.15, 0.2) is 0 Å². The first-order valence-corrected chi connectivity index (χ1v) is 7.24. The molecule has 1 amide bonds. The van der Waals surface area contributed by atoms with Gasteiger partial charge in [0, 0.05) is 5.39 Å². The number of anilines is 1. The number of carbonyl (C=O) groups is 1. The van der Waals surface area contributed by atoms with E-state index >= 15 is 0 Å². The van der Waals surface area contributed by atoms with Crippen molar-refractivity contribution in [3.8, 4) is 0 Å². The van der Waals surface area contributed by atoms with E-state index in [1.54, 1.807) is 0 Å². The Bertz CT molecular complexity index is 899. The molecule has 1 N–H and O–H groups in total. The van der Waals surface area contributed by atoms with Gasteiger partial charge in [-0.25, -0.2) is 0 Å². The van der Waals surface area contributed by atoms with E-state index in [1.807, 2.05) is 31.2 Å². The first-order valence-electron chi connectivity index (χ1n) is 7.24. The predicted octanol–water partition coefficient (Wildman–Crippen LogP) is 4.00. The molecule has 0 unspecified atom stereocenters. The molecule has 0 aliphatic rings. The summed E-state index contributed by atoms with van der Waals surface area (Å²) in [7, 11) is 0. The van der Waals surface area contributed by atoms with Gasteiger partial charge in [-0.05, 0) is 25.1 Å². The average Bonchev–Trinajstić information content (AvgIpc) is 2.83. The Morgan fingerprint density at radius 3 is 2.54 bits per heavy atom. The summed E-state index contributed by atoms with van der Waals surface area (Å²) >= 11 is 0. The van der Waals surface area contributed by atoms with Crippen LogP contribution in [0.4, 0.5) is 18.9 Å². The Labute approximate surface area is 135 Å². The molecule has 3 aromatic rings. The van der Waals surface area contributed by atoms with E-state index in [0.29, 0.717) is 0 Å². The van der Waals surface area contributed by atoms with E-state index in [-0.39, 0.29) is 12.2 Å². The molecule has 0 radical (unpaired) electrons. The standard InChI is InChI=1S/C17H14F3N3O/c1-11-12-6-2-5-9-15(12)23(22-11)10-16(24)21-14-8-4-3-7-13(14)17(18,19)20/h2-9H,10H2,1H3,(H,21,24). The number of nitrogens with zero attached hydrogens (tertiary/aromatic N) is 2. The minimum absolute atomic E-state index is 0.166. The van der Waals surface area contributed by atoms with E-state index < -0.39 is 17.6 Å². The van der Waals surface area contributed by atoms with Gasteiger partial charge in [0.1, 0.15) is 6.54 Å². The van der Waals surface area contributed by atoms with Gasteiger partial charge in [-0.1, -0.05) is 30.3 Å². The smallest absolute Gasteiger partial charge is 0.324 e. The van der Waals surface area contributed by atoms with Crippen LogP contribution < -0.4 is 5.32 Å². The van der Waals surface area contributed by atoms with Crippen LogP contribution in [0.1, 0.15) is 11.3 Å². The molecule has 0 saturated heterocycles. The minimum Gasteiger partial charge on any atom is -0.324 e. The van der Waals surface area contributed by atoms with Crippen molar-refractivity contribution in [2.45, 2.75) is 19.6 Å². The molecule has 0 saturated carbocycles. The number of hydrogen-bond acceptors (Lipinski definition) is 2. The number of aromatic nitrogens is 2. The lowest BCUT2D eigenvalue weighted by Gasteiger charge is -2.13. The molecular formula is C17H14F3N3O. The quantitative estimate of drug-likeness (QED) is 0.787. The zero-order valence-corrected chi connectivity index (χ0v) is 12.8. The molecule has 1 heterocycles. The van der Waals surface area contributed by atoms with Crippen molar-refractivity contribution in [2.75, 3.05) is 5.32 Å². The first kappa shape index (κ1) is 16.0. The fourth-order valence-corrected chi connectivity index (χ4v) is 2.58. The third-order valence-corrected chi connectivity index (χ3v) is 3.64. The molecule has 3 rings (SSSR count). The second-order valence-corrected chi connectivity index (χ2v) is 5.35. The fourth-order valence-electron chi connectivity index (χ4n) is 2.58. The number of para-hydroxylation sites is 2. The summed E-state index contributed by atoms with van der Waals surface area (Å²) < 4.78 is 40.4. The lowest BCUT2D eigenvalue weighted by molar-refractivity contribution is -0.137. The van der Waals surface area contributed by atoms with Crippen LogP contribution in [0.25, 0.3) is 10.9 Å². The van der Waals surface area contributed by atoms with E-state index in [4.69, 9.17) is 0 Å². The number of benzene rings is 2. The number of fused-ring (bicyclic) bond motifs is 1. The highest BCUT2D eigenvalue weighted by atomic mass is 19.4. The van der Waals surface area contributed by atoms with E-state index in [1.165, 1.54) is 22.9 Å². The van der Waals surface area contributed by atoms with Gasteiger partial charge in [-0.15, -0.1) is 0 Å². The third kappa shape index (κ3) is 3.10. The summed E-state index contributed by atoms with van der Waals surface area (Å²) in [5.74, 6) is -0.569. The maximum Gasteiger partial charge on any atom is 0.418 e. The summed E-state index contributed by atoms with van der Waals surface area (Å²) in [6.45, 7) is 1.65. The lowest BCUT2D eigenvalue weighted by Crippen LogP contribution is -2.21. The van der Waals surface area contributed by atoms with Gasteiger partial charge in [0.25, 0.3) is 0 Å². The Hall–Kier alpha value is -2.83. The summed E-state index contributed by atoms with van der Waals surface area (Å²) in [4.78, 5) is 12.2. The number of nitrogens with one attached hydrogen (secondary N) is 1. The molecule has 4 nitrogen and oxygen atoms in total. The number of rotatable bonds is 3. The number of hydrogen-bond donors (Lipinski definition) is 1. The Morgan fingerprint density at radius 1 is 1.12 bits per heavy atom. The molecule has 7 heteroatoms. The van der Waals surface area contributed by atoms with Crippen LogP contribution in [0.5, 0.6) is 0 Å². The average molecular weight is 333 g/mol. The van der Waals surface area contributed by atoms with Gasteiger partial charge in [-0.2, -0.15) is 18.3 Å². The molecule has 0 aliphatic heterocycles. The van der Waals surface area contributed by atoms with Gasteiger partial charge in [0.05, 0.1) is 22.5 Å². The molecule has 0 aliphatic carbocycles. The number of halogens is 3. The predicted molar refractivity (Wildman–Crippen MR) is 84.5 cm³/mol. The lowest BCUT2D eigenvalue weighted by atomic mass is 10.1. The van der Waals surface area contributed by atoms with Crippen molar-refractivity contribution < 1.29 is 18.0 Å². The SMILES string of the molecule is Cc1nn(CC(=O)Nc2ccccc2C(F)(F)F)c2ccccc12. The molecule has 24 heavy (non-hydrogen) atoms. The van der Waals surface area contributed by atoms with Crippen molar-refractivity contribution in [1.82, 2.24) is 9.78 Å². The van der Waals surface area contributed by atoms with Crippen LogP contribution in [0.2, 0.25) is 0 Å². The van der Waals surface area contributed by atoms with Crippen molar-refractivity contribution in [1.29, 1.82) is 0 Å². The molecule has 0 atom stereocenters. The highest BCUT2D eigenvalue weighted by molar-refractivity contribution is 5.92. The Morgan fingerprint density at radius 2 is 1.79 bits per heavy atom. The molecule has 2 aromatic carbocycles. The second-order valence-electron chi connectivity index (χ2n) is 5.35. The van der Waals surface area contributed by atoms with E-state index in [2.05, 4.69) is 10.4 Å². The molecular weight excluding hydrogens is 319 g/mol. The van der Waals surface area contributed by atoms with Gasteiger partial charge in [0.2, 0.25) is 5.91 Å². The third-order valence-electron chi connectivity index (χ3n) is 3.64. The topological polar surface area (TPSA) is 46.9 Å². The van der Waals surface area contributed by atoms with Crippen LogP contribution in [-0.4, -0.2) is 15.7 Å². The van der Waals surface area contributed by atoms with Crippen LogP contribution >= 0.6 is 0 Å². The first-order chi connectivity index (χ1) is 11.4. The van der Waals surface area contributed by atoms with Crippen LogP contribution in [0.3, 0.4) is 0 Å². The second kappa shape index (κ2) is 5.99. The summed E-state index contributed by atoms with van der Waals surface area (Å²) in [5, 5.41) is 7.50. The summed E-state index contributed by atoms with van der Waals surface area (Å²) in [6.07, 6.45) is -4.53. The minimum atomic E-state index is -4.53. The van der Waals surface area contributed by atoms with Crippen LogP contribution in [0, 0.1) is 6.92 Å². The molecule has 124 valence electrons. The van der Waals surface area contributed by atoms with Gasteiger partial charge >= 0.3 is 6.18 Å². The Kier molecular flexibility index (Phi) is 4.01. The van der Waals surface area contributed by atoms with Crippen molar-refractivity contribution in [2.24, 2.45) is 0 Å². The van der Waals surface area contributed by atoms with Crippen molar-refractivity contribution in [3.63, 3.8) is 0 Å². The maximum atomic E-state index is 13.0. The van der Waals surface area contributed by atoms with Gasteiger partial charge in [-0.3, -0.25) is 9.48 Å². The normalized spacial score (nSPS) is 11.7. The van der Waals surface area contributed by atoms with E-state index in [0.717, 1.165) is 22.7 Å². The van der Waals surface area contributed by atoms with Gasteiger partial charge < -0.3 is 5.32 Å². The van der Waals surface area contributed by atoms with Crippen LogP contribution in [-0.2, 0) is 17.5 Å². The highest BCUT2D eigenvalue weighted by Crippen LogP contribution is 2.34. The van der Waals surface area contributed by atoms with Crippen molar-refractivity contribution >= 4 is 22.5 Å². The monoisotopic (exact) mass is 333 g/mol. The number of carbonyl (C=O) groups excluding carboxylic acids is 1. The zero-order valence-electron chi connectivity index (χ0n) is 12.8. The summed E-state index contributed by atoms with van der Waals surface area (Å²) in [6, 6.07) is 12.3. The number of aryl methyl sites for hydroxylation is 1. The maximum absolute atomic E-state index is 13.0. The number of alkyl halides is 3. The molecule has 0 bridgehead atoms. The van der Waals surface area contributed by atoms with Crippen LogP contribution in [0.15, 0.2) is 48.5 Å². The van der Waals surface area contributed by atoms with Crippen molar-refractivity contribution in [3.05, 3.63) is 59.8 Å². The van der Waals surface area contributed by atoms with E-state index in [9.17, 15) is 18.0 Å². The Balaban J connectivity index is 1.84. The number of amides is 1. The molecule has 0 spiro atoms.